The summed E-state index contributed by atoms with van der Waals surface area (Å²) in [5, 5.41) is 21.5. The lowest BCUT2D eigenvalue weighted by atomic mass is 9.65. The van der Waals surface area contributed by atoms with E-state index >= 15 is 0 Å². The summed E-state index contributed by atoms with van der Waals surface area (Å²) in [5.41, 5.74) is 0.695. The van der Waals surface area contributed by atoms with Crippen molar-refractivity contribution in [1.29, 1.82) is 5.41 Å². The molecule has 1 unspecified atom stereocenters. The van der Waals surface area contributed by atoms with Crippen LogP contribution in [0.15, 0.2) is 78.9 Å². The molecule has 1 heterocycles. The molecular weight excluding hydrogens is 434 g/mol. The van der Waals surface area contributed by atoms with Crippen molar-refractivity contribution in [1.82, 2.24) is 0 Å². The number of nitrogens with zero attached hydrogens (tertiary/aromatic N) is 1. The van der Waals surface area contributed by atoms with E-state index in [1.807, 2.05) is 60.7 Å². The molecule has 0 radical (unpaired) electrons. The van der Waals surface area contributed by atoms with Crippen LogP contribution in [0.4, 0.5) is 8.78 Å². The monoisotopic (exact) mass is 464 g/mol. The zero-order valence-electron chi connectivity index (χ0n) is 19.3. The Labute approximate surface area is 199 Å². The summed E-state index contributed by atoms with van der Waals surface area (Å²) in [6.07, 6.45) is 1.53. The van der Waals surface area contributed by atoms with Gasteiger partial charge in [0.25, 0.3) is 0 Å². The molecule has 0 aliphatic carbocycles. The van der Waals surface area contributed by atoms with Crippen molar-refractivity contribution in [2.45, 2.75) is 18.3 Å². The average molecular weight is 465 g/mol. The number of benzene rings is 3. The molecule has 0 spiro atoms. The maximum atomic E-state index is 13.4. The first-order valence-corrected chi connectivity index (χ1v) is 11.6. The van der Waals surface area contributed by atoms with Crippen LogP contribution in [0.2, 0.25) is 0 Å². The van der Waals surface area contributed by atoms with E-state index in [-0.39, 0.29) is 11.7 Å². The number of likely N-dealkylation sites (tertiary alicyclic amines) is 1. The van der Waals surface area contributed by atoms with E-state index < -0.39 is 22.9 Å². The molecule has 6 heteroatoms. The van der Waals surface area contributed by atoms with E-state index in [9.17, 15) is 13.9 Å². The van der Waals surface area contributed by atoms with Gasteiger partial charge >= 0.3 is 0 Å². The Kier molecular flexibility index (Phi) is 6.98. The van der Waals surface area contributed by atoms with Gasteiger partial charge in [-0.25, -0.2) is 8.78 Å². The molecule has 4 nitrogen and oxygen atoms in total. The molecule has 3 aromatic rings. The lowest BCUT2D eigenvalue weighted by Crippen LogP contribution is -2.52. The second-order valence-corrected chi connectivity index (χ2v) is 9.41. The summed E-state index contributed by atoms with van der Waals surface area (Å²) in [7, 11) is 2.16. The fourth-order valence-electron chi connectivity index (χ4n) is 5.47. The van der Waals surface area contributed by atoms with Crippen molar-refractivity contribution in [2.75, 3.05) is 33.3 Å². The fraction of sp³-hybridized carbons (Fsp3) is 0.321. The predicted octanol–water partition coefficient (Wildman–Crippen LogP) is 4.52. The Morgan fingerprint density at radius 3 is 2.09 bits per heavy atom. The first-order valence-electron chi connectivity index (χ1n) is 11.6. The van der Waals surface area contributed by atoms with Gasteiger partial charge in [-0.1, -0.05) is 60.7 Å². The summed E-state index contributed by atoms with van der Waals surface area (Å²) in [6.45, 7) is 2.79. The molecule has 2 atom stereocenters. The lowest BCUT2D eigenvalue weighted by molar-refractivity contribution is -0.899. The summed E-state index contributed by atoms with van der Waals surface area (Å²) in [4.78, 5) is 0. The van der Waals surface area contributed by atoms with Gasteiger partial charge in [0.05, 0.1) is 38.7 Å². The molecule has 1 aliphatic rings. The average Bonchev–Trinajstić information content (AvgIpc) is 3.20. The van der Waals surface area contributed by atoms with Crippen LogP contribution in [0, 0.1) is 23.0 Å². The molecule has 178 valence electrons. The molecule has 1 saturated heterocycles. The first kappa shape index (κ1) is 23.9. The van der Waals surface area contributed by atoms with E-state index in [1.165, 1.54) is 12.1 Å². The summed E-state index contributed by atoms with van der Waals surface area (Å²) >= 11 is 0. The third kappa shape index (κ3) is 4.82. The predicted molar refractivity (Wildman–Crippen MR) is 127 cm³/mol. The van der Waals surface area contributed by atoms with Crippen molar-refractivity contribution < 1.29 is 23.1 Å². The van der Waals surface area contributed by atoms with E-state index in [2.05, 4.69) is 7.05 Å². The van der Waals surface area contributed by atoms with Gasteiger partial charge in [-0.2, -0.15) is 0 Å². The largest absolute Gasteiger partial charge is 0.861 e. The SMILES string of the molecule is C[N+]1(CCCOc2cc(F)cc(F)c2)CC[C@@H](C(C(=N)[O-])(c2ccccc2)c2ccccc2)C1. The molecule has 4 rings (SSSR count). The van der Waals surface area contributed by atoms with Gasteiger partial charge in [0.2, 0.25) is 0 Å². The molecule has 34 heavy (non-hydrogen) atoms. The summed E-state index contributed by atoms with van der Waals surface area (Å²) < 4.78 is 33.1. The van der Waals surface area contributed by atoms with Crippen LogP contribution >= 0.6 is 0 Å². The highest BCUT2D eigenvalue weighted by Crippen LogP contribution is 2.45. The van der Waals surface area contributed by atoms with Gasteiger partial charge in [-0.05, 0) is 17.0 Å². The minimum atomic E-state index is -1.02. The van der Waals surface area contributed by atoms with Crippen molar-refractivity contribution in [2.24, 2.45) is 5.92 Å². The van der Waals surface area contributed by atoms with Crippen LogP contribution in [-0.2, 0) is 5.41 Å². The van der Waals surface area contributed by atoms with E-state index in [1.54, 1.807) is 0 Å². The maximum Gasteiger partial charge on any atom is 0.129 e. The number of halogens is 2. The number of quaternary nitrogens is 1. The van der Waals surface area contributed by atoms with Crippen LogP contribution in [0.3, 0.4) is 0 Å². The Morgan fingerprint density at radius 2 is 1.56 bits per heavy atom. The smallest absolute Gasteiger partial charge is 0.129 e. The third-order valence-electron chi connectivity index (χ3n) is 7.05. The van der Waals surface area contributed by atoms with Crippen molar-refractivity contribution in [3.05, 3.63) is 102 Å². The molecule has 0 amide bonds. The van der Waals surface area contributed by atoms with E-state index in [0.29, 0.717) is 13.0 Å². The number of hydrogen-bond donors (Lipinski definition) is 1. The quantitative estimate of drug-likeness (QED) is 0.219. The van der Waals surface area contributed by atoms with Gasteiger partial charge < -0.3 is 19.7 Å². The standard InChI is InChI=1S/C28H30F2N2O2/c1-32(14-8-16-34-26-18-24(29)17-25(30)19-26)15-13-23(20-32)28(27(31)33,21-9-4-2-5-10-21)22-11-6-3-7-12-22/h2-7,9-12,17-19,23H,8,13-16,20H2,1H3,(H-,31,33)/t23-,32?/m1/s1. The number of ether oxygens (including phenoxy) is 1. The maximum absolute atomic E-state index is 13.4. The molecule has 0 aromatic heterocycles. The molecule has 0 saturated carbocycles. The minimum Gasteiger partial charge on any atom is -0.861 e. The zero-order chi connectivity index (χ0) is 24.2. The highest BCUT2D eigenvalue weighted by molar-refractivity contribution is 5.87. The molecular formula is C28H30F2N2O2. The number of nitrogens with one attached hydrogen (secondary N) is 1. The molecule has 1 aliphatic heterocycles. The number of rotatable bonds is 9. The highest BCUT2D eigenvalue weighted by Gasteiger charge is 2.49. The normalized spacial score (nSPS) is 20.3. The molecule has 3 aromatic carbocycles. The van der Waals surface area contributed by atoms with Gasteiger partial charge in [-0.3, -0.25) is 0 Å². The second kappa shape index (κ2) is 9.94. The van der Waals surface area contributed by atoms with Crippen molar-refractivity contribution in [3.8, 4) is 5.75 Å². The lowest BCUT2D eigenvalue weighted by Gasteiger charge is -2.43. The van der Waals surface area contributed by atoms with E-state index in [4.69, 9.17) is 10.1 Å². The van der Waals surface area contributed by atoms with Gasteiger partial charge in [0, 0.05) is 37.0 Å². The molecule has 1 fully saturated rings. The van der Waals surface area contributed by atoms with Crippen LogP contribution in [0.1, 0.15) is 24.0 Å². The van der Waals surface area contributed by atoms with E-state index in [0.717, 1.165) is 47.7 Å². The van der Waals surface area contributed by atoms with Crippen molar-refractivity contribution in [3.63, 3.8) is 0 Å². The fourth-order valence-corrected chi connectivity index (χ4v) is 5.47. The summed E-state index contributed by atoms with van der Waals surface area (Å²) in [6, 6.07) is 22.5. The first-order chi connectivity index (χ1) is 16.3. The van der Waals surface area contributed by atoms with Gasteiger partial charge in [0.15, 0.2) is 0 Å². The highest BCUT2D eigenvalue weighted by atomic mass is 19.1. The van der Waals surface area contributed by atoms with Crippen LogP contribution in [0.25, 0.3) is 0 Å². The van der Waals surface area contributed by atoms with Crippen LogP contribution in [-0.4, -0.2) is 43.7 Å². The van der Waals surface area contributed by atoms with Gasteiger partial charge in [-0.15, -0.1) is 0 Å². The Hall–Kier alpha value is -3.25. The van der Waals surface area contributed by atoms with Gasteiger partial charge in [0.1, 0.15) is 17.4 Å². The zero-order valence-corrected chi connectivity index (χ0v) is 19.3. The molecule has 1 N–H and O–H groups in total. The number of hydrogen-bond acceptors (Lipinski definition) is 3. The Balaban J connectivity index is 1.51. The third-order valence-corrected chi connectivity index (χ3v) is 7.05. The minimum absolute atomic E-state index is 0.0227. The van der Waals surface area contributed by atoms with Crippen molar-refractivity contribution >= 4 is 5.90 Å². The second-order valence-electron chi connectivity index (χ2n) is 9.41. The topological polar surface area (TPSA) is 56.1 Å². The van der Waals surface area contributed by atoms with Crippen LogP contribution < -0.4 is 9.84 Å². The molecule has 0 bridgehead atoms. The summed E-state index contributed by atoms with van der Waals surface area (Å²) in [5.74, 6) is -1.74. The van der Waals surface area contributed by atoms with Crippen LogP contribution in [0.5, 0.6) is 5.75 Å². The Bertz CT molecular complexity index is 1060. The Morgan fingerprint density at radius 1 is 1.00 bits per heavy atom.